The van der Waals surface area contributed by atoms with Crippen molar-refractivity contribution in [3.05, 3.63) is 70.4 Å². The Kier molecular flexibility index (Phi) is 5.49. The van der Waals surface area contributed by atoms with Crippen molar-refractivity contribution in [1.82, 2.24) is 0 Å². The molecule has 0 unspecified atom stereocenters. The average molecular weight is 535 g/mol. The number of sulfonamides is 2. The van der Waals surface area contributed by atoms with E-state index in [1.165, 1.54) is 34.0 Å². The molecule has 0 bridgehead atoms. The summed E-state index contributed by atoms with van der Waals surface area (Å²) < 4.78 is 60.0. The number of benzene rings is 2. The SMILES string of the molecule is Cc1c(S(=O)(=O)Nc2cscc2NS(=O)(=O)c2sc3ccccc3c2C)sc2ccccc12. The first kappa shape index (κ1) is 22.4. The maximum Gasteiger partial charge on any atom is 0.271 e. The van der Waals surface area contributed by atoms with Gasteiger partial charge in [-0.15, -0.1) is 34.0 Å². The summed E-state index contributed by atoms with van der Waals surface area (Å²) in [5, 5.41) is 4.93. The van der Waals surface area contributed by atoms with Crippen LogP contribution < -0.4 is 9.44 Å². The molecule has 0 aliphatic carbocycles. The molecule has 2 N–H and O–H groups in total. The highest BCUT2D eigenvalue weighted by Crippen LogP contribution is 2.39. The quantitative estimate of drug-likeness (QED) is 0.264. The lowest BCUT2D eigenvalue weighted by molar-refractivity contribution is 0.600. The van der Waals surface area contributed by atoms with E-state index in [0.717, 1.165) is 20.2 Å². The van der Waals surface area contributed by atoms with Crippen molar-refractivity contribution in [2.24, 2.45) is 0 Å². The molecule has 33 heavy (non-hydrogen) atoms. The fraction of sp³-hybridized carbons (Fsp3) is 0.0909. The van der Waals surface area contributed by atoms with Crippen molar-refractivity contribution in [2.75, 3.05) is 9.44 Å². The molecule has 3 heterocycles. The molecule has 2 aromatic carbocycles. The third-order valence-corrected chi connectivity index (χ3v) is 12.5. The highest BCUT2D eigenvalue weighted by Gasteiger charge is 2.26. The molecule has 5 aromatic rings. The van der Waals surface area contributed by atoms with Crippen molar-refractivity contribution in [3.63, 3.8) is 0 Å². The Morgan fingerprint density at radius 2 is 1.03 bits per heavy atom. The molecule has 0 amide bonds. The average Bonchev–Trinajstić information content (AvgIpc) is 3.45. The van der Waals surface area contributed by atoms with Crippen LogP contribution in [0.25, 0.3) is 20.2 Å². The van der Waals surface area contributed by atoms with Gasteiger partial charge < -0.3 is 0 Å². The summed E-state index contributed by atoms with van der Waals surface area (Å²) in [6.45, 7) is 3.55. The van der Waals surface area contributed by atoms with Crippen LogP contribution in [0.15, 0.2) is 67.7 Å². The summed E-state index contributed by atoms with van der Waals surface area (Å²) in [6.07, 6.45) is 0. The lowest BCUT2D eigenvalue weighted by Gasteiger charge is -2.11. The first-order valence-corrected chi connectivity index (χ1v) is 15.3. The van der Waals surface area contributed by atoms with Crippen LogP contribution in [-0.4, -0.2) is 16.8 Å². The van der Waals surface area contributed by atoms with Crippen LogP contribution in [0.2, 0.25) is 0 Å². The van der Waals surface area contributed by atoms with E-state index in [9.17, 15) is 16.8 Å². The maximum absolute atomic E-state index is 13.2. The van der Waals surface area contributed by atoms with Crippen LogP contribution >= 0.6 is 34.0 Å². The number of fused-ring (bicyclic) bond motifs is 2. The van der Waals surface area contributed by atoms with Crippen LogP contribution in [0.4, 0.5) is 11.4 Å². The van der Waals surface area contributed by atoms with Gasteiger partial charge in [0.25, 0.3) is 20.0 Å². The van der Waals surface area contributed by atoms with Crippen LogP contribution in [0.3, 0.4) is 0 Å². The lowest BCUT2D eigenvalue weighted by atomic mass is 10.2. The summed E-state index contributed by atoms with van der Waals surface area (Å²) in [4.78, 5) is 0. The Morgan fingerprint density at radius 3 is 1.42 bits per heavy atom. The van der Waals surface area contributed by atoms with Gasteiger partial charge in [0.1, 0.15) is 8.42 Å². The molecule has 5 rings (SSSR count). The van der Waals surface area contributed by atoms with Gasteiger partial charge in [-0.2, -0.15) is 0 Å². The van der Waals surface area contributed by atoms with Crippen molar-refractivity contribution < 1.29 is 16.8 Å². The summed E-state index contributed by atoms with van der Waals surface area (Å²) >= 11 is 3.59. The third kappa shape index (κ3) is 3.93. The Hall–Kier alpha value is -2.44. The minimum absolute atomic E-state index is 0.194. The summed E-state index contributed by atoms with van der Waals surface area (Å²) in [5.74, 6) is 0. The highest BCUT2D eigenvalue weighted by atomic mass is 32.3. The van der Waals surface area contributed by atoms with Gasteiger partial charge in [0.15, 0.2) is 0 Å². The molecule has 0 atom stereocenters. The van der Waals surface area contributed by atoms with E-state index in [0.29, 0.717) is 11.1 Å². The normalized spacial score (nSPS) is 12.4. The predicted octanol–water partition coefficient (Wildman–Crippen LogP) is 6.40. The molecule has 0 aliphatic heterocycles. The molecule has 0 aliphatic rings. The van der Waals surface area contributed by atoms with E-state index in [2.05, 4.69) is 9.44 Å². The molecular weight excluding hydrogens is 517 g/mol. The number of thiophene rings is 3. The Balaban J connectivity index is 1.48. The molecule has 3 aromatic heterocycles. The third-order valence-electron chi connectivity index (χ3n) is 5.24. The van der Waals surface area contributed by atoms with E-state index in [4.69, 9.17) is 0 Å². The molecule has 0 radical (unpaired) electrons. The summed E-state index contributed by atoms with van der Waals surface area (Å²) in [5.41, 5.74) is 1.72. The van der Waals surface area contributed by atoms with Crippen molar-refractivity contribution in [2.45, 2.75) is 22.3 Å². The van der Waals surface area contributed by atoms with Crippen molar-refractivity contribution >= 4 is 85.6 Å². The van der Waals surface area contributed by atoms with Gasteiger partial charge in [-0.05, 0) is 47.9 Å². The molecule has 0 saturated carbocycles. The van der Waals surface area contributed by atoms with Gasteiger partial charge >= 0.3 is 0 Å². The summed E-state index contributed by atoms with van der Waals surface area (Å²) in [7, 11) is -7.81. The number of hydrogen-bond acceptors (Lipinski definition) is 7. The minimum atomic E-state index is -3.90. The molecule has 6 nitrogen and oxygen atoms in total. The molecule has 0 fully saturated rings. The Labute approximate surface area is 203 Å². The standard InChI is InChI=1S/C22H18N2O4S5/c1-13-15-7-3-5-9-19(15)30-21(13)32(25,26)23-17-11-29-12-18(17)24-33(27,28)22-14(2)16-8-4-6-10-20(16)31-22/h3-12,23-24H,1-2H3. The monoisotopic (exact) mass is 534 g/mol. The molecule has 0 saturated heterocycles. The number of nitrogens with one attached hydrogen (secondary N) is 2. The largest absolute Gasteiger partial charge is 0.276 e. The summed E-state index contributed by atoms with van der Waals surface area (Å²) in [6, 6.07) is 15.0. The second-order valence-corrected chi connectivity index (χ2v) is 14.0. The Bertz CT molecular complexity index is 1600. The van der Waals surface area contributed by atoms with Gasteiger partial charge in [0.2, 0.25) is 0 Å². The zero-order valence-electron chi connectivity index (χ0n) is 17.4. The van der Waals surface area contributed by atoms with Crippen LogP contribution in [0.5, 0.6) is 0 Å². The predicted molar refractivity (Wildman–Crippen MR) is 139 cm³/mol. The zero-order chi connectivity index (χ0) is 23.4. The molecule has 0 spiro atoms. The number of hydrogen-bond donors (Lipinski definition) is 2. The van der Waals surface area contributed by atoms with Gasteiger partial charge in [0, 0.05) is 20.2 Å². The van der Waals surface area contributed by atoms with Crippen LogP contribution in [0.1, 0.15) is 11.1 Å². The van der Waals surface area contributed by atoms with Crippen molar-refractivity contribution in [3.8, 4) is 0 Å². The van der Waals surface area contributed by atoms with E-state index >= 15 is 0 Å². The zero-order valence-corrected chi connectivity index (χ0v) is 21.5. The number of aryl methyl sites for hydroxylation is 2. The number of rotatable bonds is 6. The molecule has 170 valence electrons. The van der Waals surface area contributed by atoms with Gasteiger partial charge in [0.05, 0.1) is 11.4 Å². The second-order valence-electron chi connectivity index (χ2n) is 7.43. The van der Waals surface area contributed by atoms with Gasteiger partial charge in [-0.1, -0.05) is 36.4 Å². The first-order valence-electron chi connectivity index (χ1n) is 9.75. The van der Waals surface area contributed by atoms with E-state index in [-0.39, 0.29) is 19.8 Å². The number of anilines is 2. The smallest absolute Gasteiger partial charge is 0.271 e. The Morgan fingerprint density at radius 1 is 0.636 bits per heavy atom. The van der Waals surface area contributed by atoms with E-state index in [1.54, 1.807) is 24.6 Å². The lowest BCUT2D eigenvalue weighted by Crippen LogP contribution is -2.16. The maximum atomic E-state index is 13.2. The van der Waals surface area contributed by atoms with E-state index in [1.807, 2.05) is 48.5 Å². The van der Waals surface area contributed by atoms with Crippen molar-refractivity contribution in [1.29, 1.82) is 0 Å². The van der Waals surface area contributed by atoms with Gasteiger partial charge in [-0.25, -0.2) is 16.8 Å². The van der Waals surface area contributed by atoms with Crippen LogP contribution in [-0.2, 0) is 20.0 Å². The van der Waals surface area contributed by atoms with E-state index < -0.39 is 20.0 Å². The molecule has 11 heteroatoms. The molecular formula is C22H18N2O4S5. The van der Waals surface area contributed by atoms with Gasteiger partial charge in [-0.3, -0.25) is 9.44 Å². The fourth-order valence-electron chi connectivity index (χ4n) is 3.65. The second kappa shape index (κ2) is 8.10. The topological polar surface area (TPSA) is 92.3 Å². The van der Waals surface area contributed by atoms with Crippen LogP contribution in [0, 0.1) is 13.8 Å². The highest BCUT2D eigenvalue weighted by molar-refractivity contribution is 7.95. The first-order chi connectivity index (χ1) is 15.7. The fourth-order valence-corrected chi connectivity index (χ4v) is 10.2. The minimum Gasteiger partial charge on any atom is -0.276 e.